The van der Waals surface area contributed by atoms with Gasteiger partial charge in [0.15, 0.2) is 17.3 Å². The molecule has 0 saturated heterocycles. The van der Waals surface area contributed by atoms with E-state index in [0.717, 1.165) is 5.56 Å². The largest absolute Gasteiger partial charge is 0.486 e. The number of carbonyl (C=O) groups excluding carboxylic acids is 2. The Morgan fingerprint density at radius 3 is 2.79 bits per heavy atom. The zero-order chi connectivity index (χ0) is 20.2. The number of hydrogen-bond donors (Lipinski definition) is 2. The van der Waals surface area contributed by atoms with E-state index < -0.39 is 0 Å². The summed E-state index contributed by atoms with van der Waals surface area (Å²) in [4.78, 5) is 24.8. The minimum Gasteiger partial charge on any atom is -0.486 e. The number of amides is 2. The molecule has 29 heavy (non-hydrogen) atoms. The molecule has 0 saturated carbocycles. The lowest BCUT2D eigenvalue weighted by molar-refractivity contribution is 0.0956. The molecule has 0 aliphatic carbocycles. The lowest BCUT2D eigenvalue weighted by atomic mass is 10.1. The second-order valence-corrected chi connectivity index (χ2v) is 7.69. The van der Waals surface area contributed by atoms with Gasteiger partial charge in [-0.3, -0.25) is 9.59 Å². The maximum absolute atomic E-state index is 12.4. The third-order valence-corrected chi connectivity index (χ3v) is 5.45. The summed E-state index contributed by atoms with van der Waals surface area (Å²) >= 11 is 7.42. The van der Waals surface area contributed by atoms with Gasteiger partial charge in [-0.2, -0.15) is 0 Å². The van der Waals surface area contributed by atoms with E-state index in [-0.39, 0.29) is 17.6 Å². The molecule has 1 aromatic carbocycles. The Kier molecular flexibility index (Phi) is 5.73. The molecule has 1 aliphatic rings. The highest BCUT2D eigenvalue weighted by atomic mass is 35.5. The maximum atomic E-state index is 12.4. The third kappa shape index (κ3) is 4.55. The fourth-order valence-corrected chi connectivity index (χ4v) is 3.93. The van der Waals surface area contributed by atoms with Crippen LogP contribution in [0, 0.1) is 0 Å². The smallest absolute Gasteiger partial charge is 0.291 e. The van der Waals surface area contributed by atoms with Gasteiger partial charge in [-0.15, -0.1) is 11.3 Å². The maximum Gasteiger partial charge on any atom is 0.291 e. The summed E-state index contributed by atoms with van der Waals surface area (Å²) in [6, 6.07) is 10.2. The van der Waals surface area contributed by atoms with Crippen LogP contribution >= 0.6 is 22.9 Å². The summed E-state index contributed by atoms with van der Waals surface area (Å²) in [6.45, 7) is 1.40. The zero-order valence-corrected chi connectivity index (χ0v) is 16.8. The van der Waals surface area contributed by atoms with Crippen molar-refractivity contribution in [2.75, 3.05) is 25.1 Å². The average Bonchev–Trinajstić information content (AvgIpc) is 3.40. The lowest BCUT2D eigenvalue weighted by Gasteiger charge is -2.20. The predicted molar refractivity (Wildman–Crippen MR) is 109 cm³/mol. The first-order chi connectivity index (χ1) is 14.1. The highest BCUT2D eigenvalue weighted by Gasteiger charge is 2.17. The van der Waals surface area contributed by atoms with Gasteiger partial charge in [-0.25, -0.2) is 0 Å². The Labute approximate surface area is 175 Å². The minimum absolute atomic E-state index is 0.211. The van der Waals surface area contributed by atoms with E-state index in [2.05, 4.69) is 10.6 Å². The Morgan fingerprint density at radius 1 is 1.10 bits per heavy atom. The van der Waals surface area contributed by atoms with Crippen LogP contribution in [0.1, 0.15) is 25.8 Å². The number of rotatable bonds is 6. The molecule has 0 bridgehead atoms. The van der Waals surface area contributed by atoms with Crippen molar-refractivity contribution >= 4 is 39.8 Å². The summed E-state index contributed by atoms with van der Waals surface area (Å²) in [5, 5.41) is 6.63. The summed E-state index contributed by atoms with van der Waals surface area (Å²) in [6.07, 6.45) is 2.02. The number of hydrogen-bond acceptors (Lipinski definition) is 6. The molecular formula is C20H17ClN2O5S. The second kappa shape index (κ2) is 8.59. The lowest BCUT2D eigenvalue weighted by Crippen LogP contribution is -2.25. The molecule has 1 aliphatic heterocycles. The molecule has 4 rings (SSSR count). The number of carbonyl (C=O) groups is 2. The number of halogens is 1. The fraction of sp³-hybridized carbons (Fsp3) is 0.200. The van der Waals surface area contributed by atoms with Crippen LogP contribution in [-0.2, 0) is 6.42 Å². The molecule has 0 radical (unpaired) electrons. The summed E-state index contributed by atoms with van der Waals surface area (Å²) in [5.41, 5.74) is 0.942. The standard InChI is InChI=1S/C20H17ClN2O5S/c21-13-10-12(11-15-18(13)28-9-8-27-15)5-6-22-20(25)16-3-4-17(29-16)23-19(24)14-2-1-7-26-14/h1-4,7,10-11H,5-6,8-9H2,(H,22,25)(H,23,24). The highest BCUT2D eigenvalue weighted by molar-refractivity contribution is 7.18. The van der Waals surface area contributed by atoms with Crippen LogP contribution in [0.25, 0.3) is 0 Å². The third-order valence-electron chi connectivity index (χ3n) is 4.17. The molecule has 3 aromatic rings. The van der Waals surface area contributed by atoms with E-state index in [9.17, 15) is 9.59 Å². The first kappa shape index (κ1) is 19.4. The van der Waals surface area contributed by atoms with Crippen LogP contribution in [0.4, 0.5) is 5.00 Å². The summed E-state index contributed by atoms with van der Waals surface area (Å²) in [5.74, 6) is 0.826. The van der Waals surface area contributed by atoms with E-state index in [0.29, 0.717) is 52.6 Å². The van der Waals surface area contributed by atoms with E-state index in [1.165, 1.54) is 17.6 Å². The van der Waals surface area contributed by atoms with E-state index in [4.69, 9.17) is 25.5 Å². The molecule has 9 heteroatoms. The van der Waals surface area contributed by atoms with Crippen molar-refractivity contribution < 1.29 is 23.5 Å². The fourth-order valence-electron chi connectivity index (χ4n) is 2.82. The predicted octanol–water partition coefficient (Wildman–Crippen LogP) is 3.99. The van der Waals surface area contributed by atoms with Gasteiger partial charge in [-0.05, 0) is 48.4 Å². The van der Waals surface area contributed by atoms with Gasteiger partial charge in [-0.1, -0.05) is 11.6 Å². The molecule has 0 fully saturated rings. The Hall–Kier alpha value is -2.97. The van der Waals surface area contributed by atoms with Crippen molar-refractivity contribution in [2.45, 2.75) is 6.42 Å². The number of thiophene rings is 1. The second-order valence-electron chi connectivity index (χ2n) is 6.20. The van der Waals surface area contributed by atoms with E-state index >= 15 is 0 Å². The molecule has 3 heterocycles. The average molecular weight is 433 g/mol. The minimum atomic E-state index is -0.362. The number of nitrogens with one attached hydrogen (secondary N) is 2. The molecule has 150 valence electrons. The number of anilines is 1. The van der Waals surface area contributed by atoms with Crippen molar-refractivity contribution in [2.24, 2.45) is 0 Å². The normalized spacial score (nSPS) is 12.4. The SMILES string of the molecule is O=C(Nc1ccc(C(=O)NCCc2cc(Cl)c3c(c2)OCCO3)s1)c1ccco1. The molecular weight excluding hydrogens is 416 g/mol. The number of furan rings is 1. The van der Waals surface area contributed by atoms with Crippen LogP contribution < -0.4 is 20.1 Å². The zero-order valence-electron chi connectivity index (χ0n) is 15.2. The summed E-state index contributed by atoms with van der Waals surface area (Å²) < 4.78 is 16.1. The van der Waals surface area contributed by atoms with Crippen molar-refractivity contribution in [3.8, 4) is 11.5 Å². The van der Waals surface area contributed by atoms with Crippen LogP contribution in [-0.4, -0.2) is 31.6 Å². The Bertz CT molecular complexity index is 1030. The highest BCUT2D eigenvalue weighted by Crippen LogP contribution is 2.38. The number of fused-ring (bicyclic) bond motifs is 1. The van der Waals surface area contributed by atoms with Crippen molar-refractivity contribution in [1.29, 1.82) is 0 Å². The van der Waals surface area contributed by atoms with Crippen LogP contribution in [0.3, 0.4) is 0 Å². The van der Waals surface area contributed by atoms with Crippen LogP contribution in [0.5, 0.6) is 11.5 Å². The van der Waals surface area contributed by atoms with Gasteiger partial charge in [0.1, 0.15) is 13.2 Å². The van der Waals surface area contributed by atoms with Gasteiger partial charge in [0.2, 0.25) is 0 Å². The molecule has 0 atom stereocenters. The number of benzene rings is 1. The molecule has 0 spiro atoms. The molecule has 2 aromatic heterocycles. The quantitative estimate of drug-likeness (QED) is 0.614. The monoisotopic (exact) mass is 432 g/mol. The van der Waals surface area contributed by atoms with Crippen LogP contribution in [0.2, 0.25) is 5.02 Å². The van der Waals surface area contributed by atoms with Crippen molar-refractivity contribution in [3.63, 3.8) is 0 Å². The Balaban J connectivity index is 1.31. The topological polar surface area (TPSA) is 89.8 Å². The van der Waals surface area contributed by atoms with Gasteiger partial charge in [0.05, 0.1) is 21.2 Å². The number of ether oxygens (including phenoxy) is 2. The van der Waals surface area contributed by atoms with Gasteiger partial charge in [0.25, 0.3) is 11.8 Å². The summed E-state index contributed by atoms with van der Waals surface area (Å²) in [7, 11) is 0. The first-order valence-corrected chi connectivity index (χ1v) is 10.1. The van der Waals surface area contributed by atoms with Gasteiger partial charge >= 0.3 is 0 Å². The van der Waals surface area contributed by atoms with E-state index in [1.807, 2.05) is 12.1 Å². The molecule has 0 unspecified atom stereocenters. The van der Waals surface area contributed by atoms with Crippen LogP contribution in [0.15, 0.2) is 47.1 Å². The first-order valence-electron chi connectivity index (χ1n) is 8.91. The molecule has 2 N–H and O–H groups in total. The van der Waals surface area contributed by atoms with Crippen molar-refractivity contribution in [1.82, 2.24) is 5.32 Å². The van der Waals surface area contributed by atoms with Gasteiger partial charge < -0.3 is 24.5 Å². The molecule has 2 amide bonds. The van der Waals surface area contributed by atoms with Gasteiger partial charge in [0, 0.05) is 6.54 Å². The van der Waals surface area contributed by atoms with E-state index in [1.54, 1.807) is 24.3 Å². The van der Waals surface area contributed by atoms with Crippen molar-refractivity contribution in [3.05, 3.63) is 63.9 Å². The Morgan fingerprint density at radius 2 is 1.97 bits per heavy atom. The molecule has 7 nitrogen and oxygen atoms in total.